The lowest BCUT2D eigenvalue weighted by Crippen LogP contribution is -2.15. The van der Waals surface area contributed by atoms with Gasteiger partial charge in [0.05, 0.1) is 18.3 Å². The number of hydrogen-bond acceptors (Lipinski definition) is 3. The van der Waals surface area contributed by atoms with Crippen LogP contribution in [0.2, 0.25) is 0 Å². The van der Waals surface area contributed by atoms with Crippen molar-refractivity contribution in [3.63, 3.8) is 0 Å². The van der Waals surface area contributed by atoms with Crippen molar-refractivity contribution in [2.75, 3.05) is 6.61 Å². The standard InChI is InChI=1S/C25H30N2O3/c1-2-27-23-11-10-20(15-21(23)16-26-27)22-14-18(9-13-25(28)29)8-12-24(22)30-17-19-6-4-3-5-7-19/h8,10-12,14-16,19H,2-7,9,13,17H2,1H3,(H,28,29). The zero-order valence-corrected chi connectivity index (χ0v) is 17.6. The molecule has 0 radical (unpaired) electrons. The molecule has 0 amide bonds. The largest absolute Gasteiger partial charge is 0.493 e. The van der Waals surface area contributed by atoms with Gasteiger partial charge in [-0.3, -0.25) is 9.48 Å². The van der Waals surface area contributed by atoms with Crippen LogP contribution >= 0.6 is 0 Å². The van der Waals surface area contributed by atoms with Gasteiger partial charge < -0.3 is 9.84 Å². The first-order valence-electron chi connectivity index (χ1n) is 11.1. The Morgan fingerprint density at radius 3 is 2.77 bits per heavy atom. The average molecular weight is 407 g/mol. The Labute approximate surface area is 177 Å². The van der Waals surface area contributed by atoms with E-state index in [-0.39, 0.29) is 6.42 Å². The summed E-state index contributed by atoms with van der Waals surface area (Å²) >= 11 is 0. The molecule has 1 N–H and O–H groups in total. The molecule has 2 aromatic carbocycles. The van der Waals surface area contributed by atoms with E-state index >= 15 is 0 Å². The van der Waals surface area contributed by atoms with Crippen LogP contribution in [-0.2, 0) is 17.8 Å². The summed E-state index contributed by atoms with van der Waals surface area (Å²) in [6.45, 7) is 3.67. The molecule has 1 fully saturated rings. The normalized spacial score (nSPS) is 14.8. The third kappa shape index (κ3) is 4.66. The molecule has 158 valence electrons. The molecular weight excluding hydrogens is 376 g/mol. The summed E-state index contributed by atoms with van der Waals surface area (Å²) in [6, 6.07) is 12.5. The monoisotopic (exact) mass is 406 g/mol. The summed E-state index contributed by atoms with van der Waals surface area (Å²) in [5.41, 5.74) is 4.24. The molecule has 5 nitrogen and oxygen atoms in total. The number of carboxylic acids is 1. The van der Waals surface area contributed by atoms with Crippen molar-refractivity contribution in [1.29, 1.82) is 0 Å². The minimum absolute atomic E-state index is 0.129. The highest BCUT2D eigenvalue weighted by Gasteiger charge is 2.16. The summed E-state index contributed by atoms with van der Waals surface area (Å²) in [4.78, 5) is 11.0. The number of aromatic nitrogens is 2. The predicted molar refractivity (Wildman–Crippen MR) is 119 cm³/mol. The lowest BCUT2D eigenvalue weighted by atomic mass is 9.90. The first kappa shape index (κ1) is 20.5. The zero-order chi connectivity index (χ0) is 20.9. The molecule has 30 heavy (non-hydrogen) atoms. The van der Waals surface area contributed by atoms with Crippen molar-refractivity contribution in [2.24, 2.45) is 5.92 Å². The predicted octanol–water partition coefficient (Wildman–Crippen LogP) is 5.70. The smallest absolute Gasteiger partial charge is 0.303 e. The maximum atomic E-state index is 11.0. The summed E-state index contributed by atoms with van der Waals surface area (Å²) in [6.07, 6.45) is 8.97. The molecule has 1 aliphatic carbocycles. The highest BCUT2D eigenvalue weighted by atomic mass is 16.5. The number of benzene rings is 2. The molecule has 1 heterocycles. The summed E-state index contributed by atoms with van der Waals surface area (Å²) in [5.74, 6) is 0.730. The maximum absolute atomic E-state index is 11.0. The van der Waals surface area contributed by atoms with Crippen LogP contribution in [0.3, 0.4) is 0 Å². The molecule has 0 atom stereocenters. The van der Waals surface area contributed by atoms with E-state index < -0.39 is 5.97 Å². The van der Waals surface area contributed by atoms with Gasteiger partial charge in [0.1, 0.15) is 5.75 Å². The fourth-order valence-electron chi connectivity index (χ4n) is 4.40. The Bertz CT molecular complexity index is 1020. The van der Waals surface area contributed by atoms with Gasteiger partial charge in [-0.2, -0.15) is 5.10 Å². The summed E-state index contributed by atoms with van der Waals surface area (Å²) < 4.78 is 8.30. The number of carboxylic acid groups (broad SMARTS) is 1. The van der Waals surface area contributed by atoms with Crippen molar-refractivity contribution in [3.05, 3.63) is 48.2 Å². The molecule has 1 saturated carbocycles. The van der Waals surface area contributed by atoms with Gasteiger partial charge in [0, 0.05) is 23.9 Å². The van der Waals surface area contributed by atoms with Crippen LogP contribution in [0.1, 0.15) is 51.0 Å². The van der Waals surface area contributed by atoms with Gasteiger partial charge in [0.25, 0.3) is 0 Å². The maximum Gasteiger partial charge on any atom is 0.303 e. The number of aryl methyl sites for hydroxylation is 2. The molecular formula is C25H30N2O3. The van der Waals surface area contributed by atoms with Gasteiger partial charge in [0.15, 0.2) is 0 Å². The first-order valence-corrected chi connectivity index (χ1v) is 11.1. The van der Waals surface area contributed by atoms with Crippen LogP contribution in [-0.4, -0.2) is 27.5 Å². The number of aliphatic carboxylic acids is 1. The third-order valence-electron chi connectivity index (χ3n) is 6.12. The Morgan fingerprint density at radius 2 is 2.00 bits per heavy atom. The topological polar surface area (TPSA) is 64.4 Å². The number of ether oxygens (including phenoxy) is 1. The second-order valence-corrected chi connectivity index (χ2v) is 8.27. The molecule has 1 aromatic heterocycles. The number of hydrogen-bond donors (Lipinski definition) is 1. The van der Waals surface area contributed by atoms with Crippen molar-refractivity contribution >= 4 is 16.9 Å². The number of carbonyl (C=O) groups is 1. The second kappa shape index (κ2) is 9.33. The van der Waals surface area contributed by atoms with E-state index in [0.29, 0.717) is 12.3 Å². The lowest BCUT2D eigenvalue weighted by Gasteiger charge is -2.22. The van der Waals surface area contributed by atoms with Crippen LogP contribution in [0.25, 0.3) is 22.0 Å². The lowest BCUT2D eigenvalue weighted by molar-refractivity contribution is -0.136. The molecule has 4 rings (SSSR count). The average Bonchev–Trinajstić information content (AvgIpc) is 3.19. The SMILES string of the molecule is CCn1ncc2cc(-c3cc(CCC(=O)O)ccc3OCC3CCCCC3)ccc21. The van der Waals surface area contributed by atoms with E-state index in [2.05, 4.69) is 36.3 Å². The van der Waals surface area contributed by atoms with E-state index in [1.165, 1.54) is 32.1 Å². The quantitative estimate of drug-likeness (QED) is 0.521. The van der Waals surface area contributed by atoms with Gasteiger partial charge in [0.2, 0.25) is 0 Å². The van der Waals surface area contributed by atoms with Crippen molar-refractivity contribution in [1.82, 2.24) is 9.78 Å². The number of nitrogens with zero attached hydrogens (tertiary/aromatic N) is 2. The molecule has 0 aliphatic heterocycles. The van der Waals surface area contributed by atoms with Crippen molar-refractivity contribution < 1.29 is 14.6 Å². The highest BCUT2D eigenvalue weighted by Crippen LogP contribution is 2.34. The zero-order valence-electron chi connectivity index (χ0n) is 17.6. The van der Waals surface area contributed by atoms with Crippen LogP contribution in [0.15, 0.2) is 42.6 Å². The van der Waals surface area contributed by atoms with Gasteiger partial charge in [-0.25, -0.2) is 0 Å². The molecule has 1 aliphatic rings. The molecule has 0 bridgehead atoms. The van der Waals surface area contributed by atoms with E-state index in [1.54, 1.807) is 0 Å². The number of rotatable bonds is 8. The highest BCUT2D eigenvalue weighted by molar-refractivity contribution is 5.86. The summed E-state index contributed by atoms with van der Waals surface area (Å²) in [7, 11) is 0. The first-order chi connectivity index (χ1) is 14.6. The Hall–Kier alpha value is -2.82. The second-order valence-electron chi connectivity index (χ2n) is 8.27. The van der Waals surface area contributed by atoms with Crippen LogP contribution in [0.4, 0.5) is 0 Å². The van der Waals surface area contributed by atoms with Crippen molar-refractivity contribution in [3.8, 4) is 16.9 Å². The fourth-order valence-corrected chi connectivity index (χ4v) is 4.40. The molecule has 5 heteroatoms. The molecule has 3 aromatic rings. The Balaban J connectivity index is 1.64. The van der Waals surface area contributed by atoms with Crippen LogP contribution < -0.4 is 4.74 Å². The van der Waals surface area contributed by atoms with E-state index in [4.69, 9.17) is 9.84 Å². The van der Waals surface area contributed by atoms with E-state index in [9.17, 15) is 4.79 Å². The molecule has 0 unspecified atom stereocenters. The summed E-state index contributed by atoms with van der Waals surface area (Å²) in [5, 5.41) is 14.6. The van der Waals surface area contributed by atoms with Crippen LogP contribution in [0, 0.1) is 5.92 Å². The molecule has 0 saturated heterocycles. The minimum atomic E-state index is -0.775. The van der Waals surface area contributed by atoms with Crippen molar-refractivity contribution in [2.45, 2.75) is 58.4 Å². The van der Waals surface area contributed by atoms with Gasteiger partial charge in [-0.1, -0.05) is 31.4 Å². The third-order valence-corrected chi connectivity index (χ3v) is 6.12. The molecule has 0 spiro atoms. The van der Waals surface area contributed by atoms with Crippen LogP contribution in [0.5, 0.6) is 5.75 Å². The van der Waals surface area contributed by atoms with E-state index in [1.807, 2.05) is 23.0 Å². The minimum Gasteiger partial charge on any atom is -0.493 e. The Kier molecular flexibility index (Phi) is 6.36. The van der Waals surface area contributed by atoms with Gasteiger partial charge in [-0.05, 0) is 67.5 Å². The van der Waals surface area contributed by atoms with Gasteiger partial charge in [-0.15, -0.1) is 0 Å². The fraction of sp³-hybridized carbons (Fsp3) is 0.440. The van der Waals surface area contributed by atoms with Gasteiger partial charge >= 0.3 is 5.97 Å². The number of fused-ring (bicyclic) bond motifs is 1. The Morgan fingerprint density at radius 1 is 1.17 bits per heavy atom. The van der Waals surface area contributed by atoms with E-state index in [0.717, 1.165) is 46.5 Å².